The summed E-state index contributed by atoms with van der Waals surface area (Å²) in [6.45, 7) is 3.78. The maximum Gasteiger partial charge on any atom is 0.142 e. The van der Waals surface area contributed by atoms with E-state index < -0.39 is 0 Å². The predicted octanol–water partition coefficient (Wildman–Crippen LogP) is 3.04. The zero-order valence-electron chi connectivity index (χ0n) is 7.91. The summed E-state index contributed by atoms with van der Waals surface area (Å²) in [5, 5.41) is 0. The molecule has 1 atom stereocenters. The second kappa shape index (κ2) is 5.52. The van der Waals surface area contributed by atoms with Gasteiger partial charge in [-0.2, -0.15) is 0 Å². The van der Waals surface area contributed by atoms with Crippen LogP contribution in [0.15, 0.2) is 36.5 Å². The maximum atomic E-state index is 10.2. The average Bonchev–Trinajstić information content (AvgIpc) is 2.21. The first-order valence-corrected chi connectivity index (χ1v) is 4.82. The van der Waals surface area contributed by atoms with Gasteiger partial charge in [-0.25, -0.2) is 0 Å². The smallest absolute Gasteiger partial charge is 0.142 e. The fourth-order valence-electron chi connectivity index (χ4n) is 1.68. The van der Waals surface area contributed by atoms with Gasteiger partial charge in [0, 0.05) is 5.92 Å². The Morgan fingerprint density at radius 1 is 1.46 bits per heavy atom. The molecule has 0 fully saturated rings. The van der Waals surface area contributed by atoms with Crippen LogP contribution in [0.3, 0.4) is 0 Å². The van der Waals surface area contributed by atoms with Gasteiger partial charge in [-0.3, -0.25) is 4.79 Å². The van der Waals surface area contributed by atoms with Gasteiger partial charge >= 0.3 is 0 Å². The first kappa shape index (κ1) is 9.97. The monoisotopic (exact) mass is 176 g/mol. The van der Waals surface area contributed by atoms with Crippen LogP contribution in [0.1, 0.15) is 25.7 Å². The molecule has 0 aromatic carbocycles. The van der Waals surface area contributed by atoms with Crippen LogP contribution in [-0.2, 0) is 4.79 Å². The molecule has 1 aliphatic rings. The molecule has 0 amide bonds. The van der Waals surface area contributed by atoms with E-state index in [1.807, 2.05) is 12.2 Å². The largest absolute Gasteiger partial charge is 0.299 e. The lowest BCUT2D eigenvalue weighted by Gasteiger charge is -2.16. The Morgan fingerprint density at radius 3 is 2.85 bits per heavy atom. The van der Waals surface area contributed by atoms with Gasteiger partial charge in [-0.15, -0.1) is 6.58 Å². The van der Waals surface area contributed by atoms with E-state index in [1.165, 1.54) is 24.8 Å². The molecule has 0 heterocycles. The first-order chi connectivity index (χ1) is 6.38. The fourth-order valence-corrected chi connectivity index (χ4v) is 1.68. The van der Waals surface area contributed by atoms with Crippen LogP contribution < -0.4 is 0 Å². The topological polar surface area (TPSA) is 17.1 Å². The summed E-state index contributed by atoms with van der Waals surface area (Å²) in [5.41, 5.74) is 1.42. The molecule has 13 heavy (non-hydrogen) atoms. The van der Waals surface area contributed by atoms with Gasteiger partial charge in [0.2, 0.25) is 0 Å². The van der Waals surface area contributed by atoms with E-state index in [9.17, 15) is 4.79 Å². The van der Waals surface area contributed by atoms with Gasteiger partial charge in [0.05, 0.1) is 0 Å². The summed E-state index contributed by atoms with van der Waals surface area (Å²) in [5.74, 6) is 0.269. The zero-order valence-corrected chi connectivity index (χ0v) is 7.91. The number of aldehydes is 1. The molecule has 0 aromatic rings. The fraction of sp³-hybridized carbons (Fsp3) is 0.417. The molecule has 1 nitrogen and oxygen atoms in total. The Balaban J connectivity index is 2.64. The number of hydrogen-bond donors (Lipinski definition) is 0. The third-order valence-corrected chi connectivity index (χ3v) is 2.41. The van der Waals surface area contributed by atoms with Crippen LogP contribution in [0.5, 0.6) is 0 Å². The minimum atomic E-state index is 0.269. The van der Waals surface area contributed by atoms with Crippen LogP contribution >= 0.6 is 0 Å². The lowest BCUT2D eigenvalue weighted by Crippen LogP contribution is -2.01. The van der Waals surface area contributed by atoms with Crippen LogP contribution in [-0.4, -0.2) is 6.29 Å². The van der Waals surface area contributed by atoms with E-state index in [0.717, 1.165) is 12.7 Å². The molecule has 1 rings (SSSR count). The highest BCUT2D eigenvalue weighted by molar-refractivity contribution is 5.65. The molecular formula is C12H16O. The van der Waals surface area contributed by atoms with Crippen molar-refractivity contribution >= 4 is 6.29 Å². The molecule has 0 N–H and O–H groups in total. The van der Waals surface area contributed by atoms with Crippen molar-refractivity contribution < 1.29 is 4.79 Å². The molecule has 1 heteroatoms. The van der Waals surface area contributed by atoms with Crippen molar-refractivity contribution in [2.45, 2.75) is 25.7 Å². The van der Waals surface area contributed by atoms with Gasteiger partial charge in [-0.1, -0.05) is 23.8 Å². The van der Waals surface area contributed by atoms with Crippen LogP contribution in [0, 0.1) is 5.92 Å². The first-order valence-electron chi connectivity index (χ1n) is 4.82. The zero-order chi connectivity index (χ0) is 9.52. The highest BCUT2D eigenvalue weighted by Gasteiger charge is 2.09. The molecule has 0 saturated carbocycles. The molecule has 1 unspecified atom stereocenters. The van der Waals surface area contributed by atoms with E-state index in [0.29, 0.717) is 0 Å². The third kappa shape index (κ3) is 3.02. The third-order valence-electron chi connectivity index (χ3n) is 2.41. The van der Waals surface area contributed by atoms with Crippen molar-refractivity contribution in [2.24, 2.45) is 5.92 Å². The molecule has 0 spiro atoms. The van der Waals surface area contributed by atoms with Crippen LogP contribution in [0.25, 0.3) is 0 Å². The number of carbonyl (C=O) groups excluding carboxylic acids is 1. The Bertz CT molecular complexity index is 236. The standard InChI is InChI=1S/C12H16O/c1-2-11(9-6-10-13)12-7-4-3-5-8-12/h2,6-7,9-11H,1,3-5,8H2. The van der Waals surface area contributed by atoms with E-state index in [4.69, 9.17) is 0 Å². The highest BCUT2D eigenvalue weighted by atomic mass is 16.1. The van der Waals surface area contributed by atoms with E-state index in [-0.39, 0.29) is 5.92 Å². The second-order valence-electron chi connectivity index (χ2n) is 3.31. The Hall–Kier alpha value is -1.11. The van der Waals surface area contributed by atoms with Crippen molar-refractivity contribution in [1.29, 1.82) is 0 Å². The molecule has 0 aromatic heterocycles. The lowest BCUT2D eigenvalue weighted by atomic mass is 9.89. The van der Waals surface area contributed by atoms with Gasteiger partial charge in [0.25, 0.3) is 0 Å². The predicted molar refractivity (Wildman–Crippen MR) is 55.4 cm³/mol. The SMILES string of the molecule is C=CC(C=CC=O)C1=CCCCC1. The summed E-state index contributed by atoms with van der Waals surface area (Å²) in [6.07, 6.45) is 13.4. The Morgan fingerprint density at radius 2 is 2.31 bits per heavy atom. The average molecular weight is 176 g/mol. The quantitative estimate of drug-likeness (QED) is 0.365. The maximum absolute atomic E-state index is 10.2. The number of rotatable bonds is 4. The number of allylic oxidation sites excluding steroid dienone is 5. The normalized spacial score (nSPS) is 19.5. The summed E-state index contributed by atoms with van der Waals surface area (Å²) in [6, 6.07) is 0. The Labute approximate surface area is 79.8 Å². The molecule has 0 saturated heterocycles. The van der Waals surface area contributed by atoms with Gasteiger partial charge in [-0.05, 0) is 31.8 Å². The number of carbonyl (C=O) groups is 1. The van der Waals surface area contributed by atoms with Crippen molar-refractivity contribution in [1.82, 2.24) is 0 Å². The molecular weight excluding hydrogens is 160 g/mol. The summed E-state index contributed by atoms with van der Waals surface area (Å²) >= 11 is 0. The van der Waals surface area contributed by atoms with Crippen molar-refractivity contribution in [3.8, 4) is 0 Å². The Kier molecular flexibility index (Phi) is 4.24. The van der Waals surface area contributed by atoms with Crippen molar-refractivity contribution in [3.05, 3.63) is 36.5 Å². The molecule has 0 bridgehead atoms. The minimum Gasteiger partial charge on any atom is -0.299 e. The minimum absolute atomic E-state index is 0.269. The number of hydrogen-bond acceptors (Lipinski definition) is 1. The van der Waals surface area contributed by atoms with E-state index in [1.54, 1.807) is 6.08 Å². The van der Waals surface area contributed by atoms with Crippen LogP contribution in [0.4, 0.5) is 0 Å². The van der Waals surface area contributed by atoms with E-state index >= 15 is 0 Å². The van der Waals surface area contributed by atoms with Gasteiger partial charge < -0.3 is 0 Å². The molecule has 0 radical (unpaired) electrons. The van der Waals surface area contributed by atoms with Crippen molar-refractivity contribution in [2.75, 3.05) is 0 Å². The van der Waals surface area contributed by atoms with Gasteiger partial charge in [0.15, 0.2) is 0 Å². The highest BCUT2D eigenvalue weighted by Crippen LogP contribution is 2.25. The van der Waals surface area contributed by atoms with Gasteiger partial charge in [0.1, 0.15) is 6.29 Å². The summed E-state index contributed by atoms with van der Waals surface area (Å²) in [7, 11) is 0. The summed E-state index contributed by atoms with van der Waals surface area (Å²) in [4.78, 5) is 10.2. The second-order valence-corrected chi connectivity index (χ2v) is 3.31. The van der Waals surface area contributed by atoms with Crippen LogP contribution in [0.2, 0.25) is 0 Å². The molecule has 1 aliphatic carbocycles. The molecule has 0 aliphatic heterocycles. The lowest BCUT2D eigenvalue weighted by molar-refractivity contribution is -0.104. The van der Waals surface area contributed by atoms with Crippen molar-refractivity contribution in [3.63, 3.8) is 0 Å². The summed E-state index contributed by atoms with van der Waals surface area (Å²) < 4.78 is 0. The molecule has 70 valence electrons. The van der Waals surface area contributed by atoms with E-state index in [2.05, 4.69) is 12.7 Å².